The van der Waals surface area contributed by atoms with Gasteiger partial charge in [0.2, 0.25) is 0 Å². The average Bonchev–Trinajstić information content (AvgIpc) is 3.18. The number of ketones is 1. The van der Waals surface area contributed by atoms with Crippen molar-refractivity contribution in [1.82, 2.24) is 14.8 Å². The highest BCUT2D eigenvalue weighted by atomic mass is 79.9. The van der Waals surface area contributed by atoms with Crippen LogP contribution in [0.4, 0.5) is 0 Å². The summed E-state index contributed by atoms with van der Waals surface area (Å²) >= 11 is 6.43. The summed E-state index contributed by atoms with van der Waals surface area (Å²) in [5.41, 5.74) is 0.703. The minimum Gasteiger partial charge on any atom is -0.304 e. The van der Waals surface area contributed by atoms with Crippen LogP contribution in [0.25, 0.3) is 10.7 Å². The molecule has 0 radical (unpaired) electrons. The first-order chi connectivity index (χ1) is 11.1. The average molecular weight is 408 g/mol. The molecule has 2 aromatic heterocycles. The maximum absolute atomic E-state index is 12.5. The van der Waals surface area contributed by atoms with Crippen LogP contribution in [0.1, 0.15) is 17.3 Å². The summed E-state index contributed by atoms with van der Waals surface area (Å²) in [4.78, 5) is 13.6. The van der Waals surface area contributed by atoms with E-state index in [0.717, 1.165) is 20.3 Å². The number of carbonyl (C=O) groups excluding carboxylic acids is 1. The number of nitrogens with zero attached hydrogens (tertiary/aromatic N) is 3. The summed E-state index contributed by atoms with van der Waals surface area (Å²) in [6.45, 7) is 1.90. The number of Topliss-reactive ketones (excluding diaryl/α,β-unsaturated/α-hetero) is 1. The molecule has 0 aliphatic rings. The van der Waals surface area contributed by atoms with Crippen molar-refractivity contribution in [2.75, 3.05) is 0 Å². The van der Waals surface area contributed by atoms with E-state index in [-0.39, 0.29) is 11.0 Å². The van der Waals surface area contributed by atoms with E-state index in [4.69, 9.17) is 0 Å². The Labute approximate surface area is 151 Å². The van der Waals surface area contributed by atoms with Gasteiger partial charge in [-0.3, -0.25) is 4.79 Å². The van der Waals surface area contributed by atoms with Crippen molar-refractivity contribution in [2.24, 2.45) is 7.05 Å². The normalized spacial score (nSPS) is 12.3. The standard InChI is InChI=1S/C16H14BrN3OS2/c1-10(14(21)11-5-7-12(17)8-6-11)23-16-19-18-15(20(16)2)13-4-3-9-22-13/h3-10H,1-2H3. The fourth-order valence-electron chi connectivity index (χ4n) is 2.10. The van der Waals surface area contributed by atoms with Crippen LogP contribution in [-0.2, 0) is 7.05 Å². The van der Waals surface area contributed by atoms with Gasteiger partial charge in [0.15, 0.2) is 16.8 Å². The molecule has 4 nitrogen and oxygen atoms in total. The molecule has 2 heterocycles. The molecule has 0 aliphatic heterocycles. The second kappa shape index (κ2) is 6.98. The smallest absolute Gasteiger partial charge is 0.191 e. The maximum Gasteiger partial charge on any atom is 0.191 e. The summed E-state index contributed by atoms with van der Waals surface area (Å²) in [7, 11) is 1.92. The second-order valence-corrected chi connectivity index (χ2v) is 8.15. The quantitative estimate of drug-likeness (QED) is 0.455. The van der Waals surface area contributed by atoms with Crippen LogP contribution in [0.2, 0.25) is 0 Å². The van der Waals surface area contributed by atoms with E-state index in [1.165, 1.54) is 11.8 Å². The van der Waals surface area contributed by atoms with Crippen LogP contribution < -0.4 is 0 Å². The van der Waals surface area contributed by atoms with Gasteiger partial charge >= 0.3 is 0 Å². The number of hydrogen-bond donors (Lipinski definition) is 0. The Morgan fingerprint density at radius 2 is 2.00 bits per heavy atom. The Morgan fingerprint density at radius 3 is 2.65 bits per heavy atom. The minimum absolute atomic E-state index is 0.0863. The Hall–Kier alpha value is -1.44. The molecule has 0 bridgehead atoms. The van der Waals surface area contributed by atoms with E-state index in [1.54, 1.807) is 11.3 Å². The van der Waals surface area contributed by atoms with Crippen LogP contribution in [-0.4, -0.2) is 25.8 Å². The lowest BCUT2D eigenvalue weighted by Crippen LogP contribution is -2.14. The number of aromatic nitrogens is 3. The number of thiophene rings is 1. The van der Waals surface area contributed by atoms with Crippen molar-refractivity contribution in [1.29, 1.82) is 0 Å². The summed E-state index contributed by atoms with van der Waals surface area (Å²) in [5, 5.41) is 11.0. The first-order valence-corrected chi connectivity index (χ1v) is 9.51. The van der Waals surface area contributed by atoms with Crippen molar-refractivity contribution in [3.05, 3.63) is 51.8 Å². The van der Waals surface area contributed by atoms with E-state index < -0.39 is 0 Å². The highest BCUT2D eigenvalue weighted by Crippen LogP contribution is 2.29. The lowest BCUT2D eigenvalue weighted by Gasteiger charge is -2.10. The van der Waals surface area contributed by atoms with Crippen LogP contribution in [0.15, 0.2) is 51.4 Å². The zero-order valence-electron chi connectivity index (χ0n) is 12.6. The molecule has 0 fully saturated rings. The minimum atomic E-state index is -0.227. The third-order valence-corrected chi connectivity index (χ3v) is 5.89. The molecule has 0 amide bonds. The van der Waals surface area contributed by atoms with Gasteiger partial charge in [0.1, 0.15) is 0 Å². The summed E-state index contributed by atoms with van der Waals surface area (Å²) in [5.74, 6) is 0.911. The first kappa shape index (κ1) is 16.4. The van der Waals surface area contributed by atoms with Crippen molar-refractivity contribution in [3.63, 3.8) is 0 Å². The van der Waals surface area contributed by atoms with Gasteiger partial charge in [-0.2, -0.15) is 0 Å². The summed E-state index contributed by atoms with van der Waals surface area (Å²) in [6, 6.07) is 11.4. The summed E-state index contributed by atoms with van der Waals surface area (Å²) < 4.78 is 2.89. The highest BCUT2D eigenvalue weighted by molar-refractivity contribution is 9.10. The zero-order valence-corrected chi connectivity index (χ0v) is 15.8. The zero-order chi connectivity index (χ0) is 16.4. The monoisotopic (exact) mass is 407 g/mol. The molecule has 1 aromatic carbocycles. The molecule has 3 rings (SSSR count). The second-order valence-electron chi connectivity index (χ2n) is 4.97. The third-order valence-electron chi connectivity index (χ3n) is 3.36. The SMILES string of the molecule is CC(Sc1nnc(-c2cccs2)n1C)C(=O)c1ccc(Br)cc1. The molecule has 1 atom stereocenters. The van der Waals surface area contributed by atoms with Crippen molar-refractivity contribution in [3.8, 4) is 10.7 Å². The Balaban J connectivity index is 1.77. The fourth-order valence-corrected chi connectivity index (χ4v) is 4.00. The highest BCUT2D eigenvalue weighted by Gasteiger charge is 2.20. The number of carbonyl (C=O) groups is 1. The third kappa shape index (κ3) is 3.57. The van der Waals surface area contributed by atoms with Gasteiger partial charge in [-0.1, -0.05) is 45.9 Å². The first-order valence-electron chi connectivity index (χ1n) is 6.96. The van der Waals surface area contributed by atoms with E-state index >= 15 is 0 Å². The molecule has 1 unspecified atom stereocenters. The van der Waals surface area contributed by atoms with E-state index in [9.17, 15) is 4.79 Å². The Morgan fingerprint density at radius 1 is 1.26 bits per heavy atom. The number of halogens is 1. The molecule has 0 saturated carbocycles. The molecule has 7 heteroatoms. The van der Waals surface area contributed by atoms with Gasteiger partial charge in [-0.25, -0.2) is 0 Å². The van der Waals surface area contributed by atoms with Crippen molar-refractivity contribution >= 4 is 44.8 Å². The topological polar surface area (TPSA) is 47.8 Å². The van der Waals surface area contributed by atoms with Gasteiger partial charge in [0.05, 0.1) is 10.1 Å². The fraction of sp³-hybridized carbons (Fsp3) is 0.188. The molecule has 0 spiro atoms. The number of benzene rings is 1. The van der Waals surface area contributed by atoms with E-state index in [2.05, 4.69) is 26.1 Å². The maximum atomic E-state index is 12.5. The lowest BCUT2D eigenvalue weighted by atomic mass is 10.1. The molecule has 118 valence electrons. The lowest BCUT2D eigenvalue weighted by molar-refractivity contribution is 0.0994. The number of rotatable bonds is 5. The molecule has 3 aromatic rings. The van der Waals surface area contributed by atoms with Gasteiger partial charge in [-0.05, 0) is 30.5 Å². The van der Waals surface area contributed by atoms with Gasteiger partial charge in [-0.15, -0.1) is 21.5 Å². The van der Waals surface area contributed by atoms with Crippen LogP contribution in [0, 0.1) is 0 Å². The number of thioether (sulfide) groups is 1. The van der Waals surface area contributed by atoms with Gasteiger partial charge in [0, 0.05) is 17.1 Å². The predicted octanol–water partition coefficient (Wildman–Crippen LogP) is 4.67. The molecule has 0 saturated heterocycles. The van der Waals surface area contributed by atoms with Gasteiger partial charge < -0.3 is 4.57 Å². The van der Waals surface area contributed by atoms with E-state index in [1.807, 2.05) is 60.3 Å². The van der Waals surface area contributed by atoms with Crippen molar-refractivity contribution < 1.29 is 4.79 Å². The molecule has 23 heavy (non-hydrogen) atoms. The van der Waals surface area contributed by atoms with Crippen LogP contribution in [0.3, 0.4) is 0 Å². The van der Waals surface area contributed by atoms with Crippen molar-refractivity contribution in [2.45, 2.75) is 17.3 Å². The Bertz CT molecular complexity index is 812. The largest absolute Gasteiger partial charge is 0.304 e. The van der Waals surface area contributed by atoms with Gasteiger partial charge in [0.25, 0.3) is 0 Å². The van der Waals surface area contributed by atoms with E-state index in [0.29, 0.717) is 5.56 Å². The molecule has 0 aliphatic carbocycles. The Kier molecular flexibility index (Phi) is 4.99. The predicted molar refractivity (Wildman–Crippen MR) is 98.1 cm³/mol. The van der Waals surface area contributed by atoms with Crippen LogP contribution >= 0.6 is 39.0 Å². The molecular formula is C16H14BrN3OS2. The molecule has 0 N–H and O–H groups in total. The van der Waals surface area contributed by atoms with Crippen LogP contribution in [0.5, 0.6) is 0 Å². The summed E-state index contributed by atoms with van der Waals surface area (Å²) in [6.07, 6.45) is 0. The number of hydrogen-bond acceptors (Lipinski definition) is 5. The molecular weight excluding hydrogens is 394 g/mol.